The minimum absolute atomic E-state index is 0.161. The number of thioether (sulfide) groups is 2. The standard InChI is InChI=1S/C16H20Cl3NO3S3/c17-16(18,19)9-26-12(24)7-6-11(21)14(13(20)15(22)23)25-8-10-4-2-1-3-5-10/h1-5,12-14,24H,6-9,20H2,(H,22,23)/t12?,13-,14?/m0/s1. The first-order chi connectivity index (χ1) is 12.1. The first-order valence-electron chi connectivity index (χ1n) is 7.63. The third kappa shape index (κ3) is 9.97. The number of carbonyl (C=O) groups excluding carboxylic acids is 1. The lowest BCUT2D eigenvalue weighted by Crippen LogP contribution is -2.44. The van der Waals surface area contributed by atoms with E-state index < -0.39 is 21.1 Å². The van der Waals surface area contributed by atoms with Crippen molar-refractivity contribution in [2.75, 3.05) is 5.75 Å². The van der Waals surface area contributed by atoms with Gasteiger partial charge in [0.25, 0.3) is 0 Å². The van der Waals surface area contributed by atoms with Crippen LogP contribution in [0.5, 0.6) is 0 Å². The Bertz CT molecular complexity index is 587. The molecule has 1 rings (SSSR count). The maximum atomic E-state index is 12.5. The second kappa shape index (κ2) is 11.9. The number of hydrogen-bond acceptors (Lipinski definition) is 6. The van der Waals surface area contributed by atoms with Gasteiger partial charge in [-0.05, 0) is 12.0 Å². The van der Waals surface area contributed by atoms with Gasteiger partial charge in [-0.1, -0.05) is 65.1 Å². The molecule has 0 fully saturated rings. The number of nitrogens with two attached hydrogens (primary N) is 1. The highest BCUT2D eigenvalue weighted by atomic mass is 35.6. The number of hydrogen-bond donors (Lipinski definition) is 3. The van der Waals surface area contributed by atoms with Crippen molar-refractivity contribution in [1.82, 2.24) is 0 Å². The minimum atomic E-state index is -1.38. The number of carbonyl (C=O) groups is 2. The second-order valence-corrected chi connectivity index (χ2v) is 11.3. The number of benzene rings is 1. The van der Waals surface area contributed by atoms with E-state index in [1.54, 1.807) is 0 Å². The van der Waals surface area contributed by atoms with Gasteiger partial charge in [0.15, 0.2) is 3.79 Å². The van der Waals surface area contributed by atoms with Gasteiger partial charge < -0.3 is 10.8 Å². The van der Waals surface area contributed by atoms with E-state index in [0.717, 1.165) is 5.56 Å². The van der Waals surface area contributed by atoms with Gasteiger partial charge in [0.1, 0.15) is 11.8 Å². The summed E-state index contributed by atoms with van der Waals surface area (Å²) in [5, 5.41) is 8.37. The van der Waals surface area contributed by atoms with Crippen LogP contribution in [0.3, 0.4) is 0 Å². The highest BCUT2D eigenvalue weighted by Gasteiger charge is 2.31. The third-order valence-electron chi connectivity index (χ3n) is 3.28. The molecule has 1 aromatic carbocycles. The molecule has 0 bridgehead atoms. The molecule has 0 aromatic heterocycles. The molecule has 0 saturated heterocycles. The van der Waals surface area contributed by atoms with E-state index in [1.807, 2.05) is 30.3 Å². The molecule has 10 heteroatoms. The minimum Gasteiger partial charge on any atom is -0.480 e. The summed E-state index contributed by atoms with van der Waals surface area (Å²) in [6.07, 6.45) is 0.594. The number of ketones is 1. The van der Waals surface area contributed by atoms with Gasteiger partial charge in [-0.15, -0.1) is 23.5 Å². The summed E-state index contributed by atoms with van der Waals surface area (Å²) < 4.78 is -1.58. The van der Waals surface area contributed by atoms with Crippen LogP contribution in [-0.4, -0.2) is 42.3 Å². The lowest BCUT2D eigenvalue weighted by atomic mass is 10.1. The molecule has 3 N–H and O–H groups in total. The molecule has 0 aliphatic heterocycles. The molecule has 0 radical (unpaired) electrons. The Hall–Kier alpha value is 0.240. The van der Waals surface area contributed by atoms with Crippen LogP contribution in [0.2, 0.25) is 0 Å². The summed E-state index contributed by atoms with van der Waals surface area (Å²) in [7, 11) is 0. The van der Waals surface area contributed by atoms with Crippen LogP contribution in [0.25, 0.3) is 0 Å². The quantitative estimate of drug-likeness (QED) is 0.249. The number of carboxylic acid groups (broad SMARTS) is 1. The van der Waals surface area contributed by atoms with Gasteiger partial charge >= 0.3 is 5.97 Å². The predicted octanol–water partition coefficient (Wildman–Crippen LogP) is 4.41. The average Bonchev–Trinajstić information content (AvgIpc) is 2.58. The number of aliphatic carboxylic acids is 1. The van der Waals surface area contributed by atoms with Crippen molar-refractivity contribution in [2.45, 2.75) is 38.3 Å². The SMILES string of the molecule is N[C@H](C(=O)O)C(SCc1ccccc1)C(=O)CCC(S)SCC(Cl)(Cl)Cl. The summed E-state index contributed by atoms with van der Waals surface area (Å²) >= 11 is 24.0. The summed E-state index contributed by atoms with van der Waals surface area (Å²) in [5.41, 5.74) is 6.73. The molecule has 1 aromatic rings. The molecular weight excluding hydrogens is 457 g/mol. The molecule has 0 heterocycles. The van der Waals surface area contributed by atoms with Gasteiger partial charge in [0.2, 0.25) is 0 Å². The van der Waals surface area contributed by atoms with Crippen LogP contribution in [0.4, 0.5) is 0 Å². The molecule has 146 valence electrons. The molecule has 0 spiro atoms. The zero-order chi connectivity index (χ0) is 19.7. The molecule has 26 heavy (non-hydrogen) atoms. The fraction of sp³-hybridized carbons (Fsp3) is 0.500. The van der Waals surface area contributed by atoms with Gasteiger partial charge in [-0.25, -0.2) is 0 Å². The Labute approximate surface area is 182 Å². The van der Waals surface area contributed by atoms with E-state index in [0.29, 0.717) is 12.2 Å². The number of carboxylic acids is 1. The van der Waals surface area contributed by atoms with Gasteiger partial charge in [0, 0.05) is 22.5 Å². The number of alkyl halides is 3. The van der Waals surface area contributed by atoms with Gasteiger partial charge in [0.05, 0.1) is 5.25 Å². The summed E-state index contributed by atoms with van der Waals surface area (Å²) in [6.45, 7) is 0. The van der Waals surface area contributed by atoms with E-state index in [9.17, 15) is 14.7 Å². The molecule has 3 atom stereocenters. The van der Waals surface area contributed by atoms with Crippen LogP contribution in [0, 0.1) is 0 Å². The molecule has 0 amide bonds. The van der Waals surface area contributed by atoms with Crippen molar-refractivity contribution in [1.29, 1.82) is 0 Å². The smallest absolute Gasteiger partial charge is 0.322 e. The highest BCUT2D eigenvalue weighted by molar-refractivity contribution is 8.10. The molecular formula is C16H20Cl3NO3S3. The van der Waals surface area contributed by atoms with Crippen molar-refractivity contribution in [3.63, 3.8) is 0 Å². The monoisotopic (exact) mass is 475 g/mol. The van der Waals surface area contributed by atoms with Crippen LogP contribution < -0.4 is 5.73 Å². The largest absolute Gasteiger partial charge is 0.480 e. The van der Waals surface area contributed by atoms with Crippen molar-refractivity contribution in [3.05, 3.63) is 35.9 Å². The number of rotatable bonds is 11. The van der Waals surface area contributed by atoms with Crippen LogP contribution in [0.1, 0.15) is 18.4 Å². The van der Waals surface area contributed by atoms with E-state index in [-0.39, 0.29) is 22.5 Å². The number of halogens is 3. The van der Waals surface area contributed by atoms with Crippen LogP contribution in [-0.2, 0) is 15.3 Å². The summed E-state index contributed by atoms with van der Waals surface area (Å²) in [4.78, 5) is 23.8. The lowest BCUT2D eigenvalue weighted by molar-refractivity contribution is -0.140. The van der Waals surface area contributed by atoms with Crippen molar-refractivity contribution in [3.8, 4) is 0 Å². The molecule has 0 saturated carbocycles. The van der Waals surface area contributed by atoms with E-state index in [1.165, 1.54) is 23.5 Å². The maximum absolute atomic E-state index is 12.5. The van der Waals surface area contributed by atoms with Crippen LogP contribution in [0.15, 0.2) is 30.3 Å². The van der Waals surface area contributed by atoms with E-state index >= 15 is 0 Å². The Morgan fingerprint density at radius 3 is 2.35 bits per heavy atom. The maximum Gasteiger partial charge on any atom is 0.322 e. The van der Waals surface area contributed by atoms with Gasteiger partial charge in [-0.2, -0.15) is 12.6 Å². The van der Waals surface area contributed by atoms with Gasteiger partial charge in [-0.3, -0.25) is 9.59 Å². The van der Waals surface area contributed by atoms with Crippen LogP contribution >= 0.6 is 71.0 Å². The van der Waals surface area contributed by atoms with E-state index in [4.69, 9.17) is 40.5 Å². The average molecular weight is 477 g/mol. The van der Waals surface area contributed by atoms with Crippen molar-refractivity contribution < 1.29 is 14.7 Å². The fourth-order valence-electron chi connectivity index (χ4n) is 1.97. The number of thiol groups is 1. The fourth-order valence-corrected chi connectivity index (χ4v) is 4.75. The first-order valence-corrected chi connectivity index (χ1v) is 11.4. The normalized spacial score (nSPS) is 15.3. The lowest BCUT2D eigenvalue weighted by Gasteiger charge is -2.20. The Kier molecular flexibility index (Phi) is 11.2. The molecule has 0 aliphatic rings. The van der Waals surface area contributed by atoms with Crippen molar-refractivity contribution in [2.24, 2.45) is 5.73 Å². The Morgan fingerprint density at radius 1 is 1.19 bits per heavy atom. The summed E-state index contributed by atoms with van der Waals surface area (Å²) in [5.74, 6) is -0.656. The predicted molar refractivity (Wildman–Crippen MR) is 117 cm³/mol. The third-order valence-corrected chi connectivity index (χ3v) is 7.50. The Balaban J connectivity index is 2.59. The zero-order valence-corrected chi connectivity index (χ0v) is 18.5. The second-order valence-electron chi connectivity index (χ2n) is 5.47. The molecule has 4 nitrogen and oxygen atoms in total. The number of Topliss-reactive ketones (excluding diaryl/α,β-unsaturated/α-hetero) is 1. The molecule has 0 aliphatic carbocycles. The van der Waals surface area contributed by atoms with Crippen molar-refractivity contribution >= 4 is 82.7 Å². The highest BCUT2D eigenvalue weighted by Crippen LogP contribution is 2.34. The Morgan fingerprint density at radius 2 is 1.81 bits per heavy atom. The topological polar surface area (TPSA) is 80.4 Å². The van der Waals surface area contributed by atoms with E-state index in [2.05, 4.69) is 12.6 Å². The zero-order valence-electron chi connectivity index (χ0n) is 13.7. The summed E-state index contributed by atoms with van der Waals surface area (Å²) in [6, 6.07) is 8.23. The first kappa shape index (κ1) is 24.3. The molecule has 2 unspecified atom stereocenters.